The van der Waals surface area contributed by atoms with Crippen molar-refractivity contribution in [3.05, 3.63) is 40.5 Å². The van der Waals surface area contributed by atoms with E-state index in [-0.39, 0.29) is 10.6 Å². The SMILES string of the molecule is COc1ccc([N+](=O)[O-])cc1NC1CC[NH+](C[C@@H]2C[C@H]3C=C[C@H]2C3)CC1. The predicted molar refractivity (Wildman–Crippen MR) is 101 cm³/mol. The lowest BCUT2D eigenvalue weighted by molar-refractivity contribution is -0.908. The Kier molecular flexibility index (Phi) is 4.85. The van der Waals surface area contributed by atoms with E-state index in [9.17, 15) is 10.1 Å². The average molecular weight is 358 g/mol. The van der Waals surface area contributed by atoms with Gasteiger partial charge >= 0.3 is 0 Å². The van der Waals surface area contributed by atoms with E-state index < -0.39 is 0 Å². The van der Waals surface area contributed by atoms with Gasteiger partial charge in [-0.1, -0.05) is 12.2 Å². The molecule has 3 atom stereocenters. The minimum atomic E-state index is -0.360. The Balaban J connectivity index is 1.32. The van der Waals surface area contributed by atoms with Crippen molar-refractivity contribution in [1.29, 1.82) is 0 Å². The molecule has 0 unspecified atom stereocenters. The molecule has 140 valence electrons. The van der Waals surface area contributed by atoms with Gasteiger partial charge in [0.25, 0.3) is 5.69 Å². The molecule has 1 heterocycles. The molecule has 0 radical (unpaired) electrons. The lowest BCUT2D eigenvalue weighted by atomic mass is 9.92. The van der Waals surface area contributed by atoms with Crippen molar-refractivity contribution in [2.45, 2.75) is 31.7 Å². The number of anilines is 1. The van der Waals surface area contributed by atoms with Gasteiger partial charge < -0.3 is 15.0 Å². The third kappa shape index (κ3) is 3.56. The number of fused-ring (bicyclic) bond motifs is 2. The zero-order valence-corrected chi connectivity index (χ0v) is 15.3. The molecule has 1 saturated heterocycles. The molecular formula is C20H28N3O3+. The minimum Gasteiger partial charge on any atom is -0.495 e. The van der Waals surface area contributed by atoms with Crippen LogP contribution in [-0.2, 0) is 0 Å². The fraction of sp³-hybridized carbons (Fsp3) is 0.600. The molecule has 1 aromatic rings. The second-order valence-electron chi connectivity index (χ2n) is 8.05. The van der Waals surface area contributed by atoms with Crippen molar-refractivity contribution >= 4 is 11.4 Å². The lowest BCUT2D eigenvalue weighted by Gasteiger charge is -2.33. The van der Waals surface area contributed by atoms with Crippen LogP contribution in [0.5, 0.6) is 5.75 Å². The Morgan fingerprint density at radius 1 is 1.27 bits per heavy atom. The Labute approximate surface area is 154 Å². The Morgan fingerprint density at radius 3 is 2.69 bits per heavy atom. The highest BCUT2D eigenvalue weighted by Gasteiger charge is 2.38. The Bertz CT molecular complexity index is 698. The maximum absolute atomic E-state index is 11.0. The van der Waals surface area contributed by atoms with Crippen molar-refractivity contribution in [1.82, 2.24) is 0 Å². The number of nitrogens with one attached hydrogen (secondary N) is 2. The van der Waals surface area contributed by atoms with Crippen LogP contribution in [0.15, 0.2) is 30.4 Å². The van der Waals surface area contributed by atoms with Gasteiger partial charge in [-0.25, -0.2) is 0 Å². The van der Waals surface area contributed by atoms with E-state index in [0.29, 0.717) is 11.8 Å². The molecule has 26 heavy (non-hydrogen) atoms. The summed E-state index contributed by atoms with van der Waals surface area (Å²) in [6, 6.07) is 5.10. The summed E-state index contributed by atoms with van der Waals surface area (Å²) in [6.45, 7) is 3.65. The fourth-order valence-electron chi connectivity index (χ4n) is 5.02. The van der Waals surface area contributed by atoms with Gasteiger partial charge in [-0.05, 0) is 30.7 Å². The highest BCUT2D eigenvalue weighted by molar-refractivity contribution is 5.62. The van der Waals surface area contributed by atoms with Gasteiger partial charge in [0.05, 0.1) is 37.4 Å². The van der Waals surface area contributed by atoms with E-state index in [1.165, 1.54) is 38.5 Å². The molecule has 1 saturated carbocycles. The molecular weight excluding hydrogens is 330 g/mol. The first-order valence-corrected chi connectivity index (χ1v) is 9.73. The summed E-state index contributed by atoms with van der Waals surface area (Å²) in [4.78, 5) is 12.4. The smallest absolute Gasteiger partial charge is 0.271 e. The molecule has 1 aromatic carbocycles. The average Bonchev–Trinajstić information content (AvgIpc) is 3.26. The predicted octanol–water partition coefficient (Wildman–Crippen LogP) is 2.27. The highest BCUT2D eigenvalue weighted by Crippen LogP contribution is 2.42. The van der Waals surface area contributed by atoms with Crippen LogP contribution in [0.2, 0.25) is 0 Å². The fourth-order valence-corrected chi connectivity index (χ4v) is 5.02. The molecule has 0 amide bonds. The number of allylic oxidation sites excluding steroid dienone is 2. The molecule has 2 aliphatic carbocycles. The van der Waals surface area contributed by atoms with Crippen LogP contribution in [0, 0.1) is 27.9 Å². The van der Waals surface area contributed by atoms with Crippen LogP contribution in [0.3, 0.4) is 0 Å². The van der Waals surface area contributed by atoms with Crippen molar-refractivity contribution in [2.24, 2.45) is 17.8 Å². The third-order valence-corrected chi connectivity index (χ3v) is 6.41. The molecule has 1 aliphatic heterocycles. The van der Waals surface area contributed by atoms with Gasteiger partial charge in [0.15, 0.2) is 0 Å². The number of piperidine rings is 1. The minimum absolute atomic E-state index is 0.0979. The number of nitro benzene ring substituents is 1. The van der Waals surface area contributed by atoms with Crippen LogP contribution < -0.4 is 15.0 Å². The van der Waals surface area contributed by atoms with E-state index in [0.717, 1.165) is 36.3 Å². The zero-order valence-electron chi connectivity index (χ0n) is 15.3. The van der Waals surface area contributed by atoms with Crippen LogP contribution in [0.1, 0.15) is 25.7 Å². The monoisotopic (exact) mass is 358 g/mol. The summed E-state index contributed by atoms with van der Waals surface area (Å²) in [7, 11) is 1.60. The van der Waals surface area contributed by atoms with Gasteiger partial charge in [0.2, 0.25) is 0 Å². The summed E-state index contributed by atoms with van der Waals surface area (Å²) in [5.41, 5.74) is 0.828. The first-order valence-electron chi connectivity index (χ1n) is 9.73. The third-order valence-electron chi connectivity index (χ3n) is 6.41. The van der Waals surface area contributed by atoms with Gasteiger partial charge in [0.1, 0.15) is 5.75 Å². The summed E-state index contributed by atoms with van der Waals surface area (Å²) in [5, 5.41) is 14.5. The summed E-state index contributed by atoms with van der Waals surface area (Å²) < 4.78 is 5.36. The number of benzene rings is 1. The molecule has 0 aromatic heterocycles. The normalized spacial score (nSPS) is 32.6. The number of hydrogen-bond donors (Lipinski definition) is 2. The zero-order chi connectivity index (χ0) is 18.1. The first-order chi connectivity index (χ1) is 12.6. The topological polar surface area (TPSA) is 68.8 Å². The van der Waals surface area contributed by atoms with Crippen LogP contribution in [-0.4, -0.2) is 37.7 Å². The molecule has 3 aliphatic rings. The van der Waals surface area contributed by atoms with E-state index in [2.05, 4.69) is 17.5 Å². The van der Waals surface area contributed by atoms with E-state index >= 15 is 0 Å². The Hall–Kier alpha value is -2.08. The summed E-state index contributed by atoms with van der Waals surface area (Å²) >= 11 is 0. The van der Waals surface area contributed by atoms with Gasteiger partial charge in [0, 0.05) is 36.9 Å². The number of likely N-dealkylation sites (tertiary alicyclic amines) is 1. The quantitative estimate of drug-likeness (QED) is 0.465. The van der Waals surface area contributed by atoms with Crippen molar-refractivity contribution in [3.63, 3.8) is 0 Å². The molecule has 2 N–H and O–H groups in total. The maximum atomic E-state index is 11.0. The molecule has 6 nitrogen and oxygen atoms in total. The number of non-ortho nitro benzene ring substituents is 1. The van der Waals surface area contributed by atoms with E-state index in [1.54, 1.807) is 24.1 Å². The molecule has 2 bridgehead atoms. The molecule has 0 spiro atoms. The largest absolute Gasteiger partial charge is 0.495 e. The van der Waals surface area contributed by atoms with Crippen LogP contribution in [0.4, 0.5) is 11.4 Å². The van der Waals surface area contributed by atoms with Crippen LogP contribution in [0.25, 0.3) is 0 Å². The van der Waals surface area contributed by atoms with Crippen LogP contribution >= 0.6 is 0 Å². The van der Waals surface area contributed by atoms with Gasteiger partial charge in [-0.2, -0.15) is 0 Å². The second kappa shape index (κ2) is 7.27. The van der Waals surface area contributed by atoms with E-state index in [1.807, 2.05) is 0 Å². The van der Waals surface area contributed by atoms with Crippen molar-refractivity contribution in [2.75, 3.05) is 32.1 Å². The van der Waals surface area contributed by atoms with E-state index in [4.69, 9.17) is 4.74 Å². The van der Waals surface area contributed by atoms with Crippen molar-refractivity contribution in [3.8, 4) is 5.75 Å². The number of nitrogens with zero attached hydrogens (tertiary/aromatic N) is 1. The maximum Gasteiger partial charge on any atom is 0.271 e. The Morgan fingerprint density at radius 2 is 2.08 bits per heavy atom. The second-order valence-corrected chi connectivity index (χ2v) is 8.05. The summed E-state index contributed by atoms with van der Waals surface area (Å²) in [6.07, 6.45) is 9.82. The van der Waals surface area contributed by atoms with Gasteiger partial charge in [-0.3, -0.25) is 10.1 Å². The number of quaternary nitrogens is 1. The first kappa shape index (κ1) is 17.3. The highest BCUT2D eigenvalue weighted by atomic mass is 16.6. The lowest BCUT2D eigenvalue weighted by Crippen LogP contribution is -3.14. The number of hydrogen-bond acceptors (Lipinski definition) is 4. The molecule has 2 fully saturated rings. The standard InChI is InChI=1S/C20H27N3O3/c1-26-20-5-4-18(23(24)25)12-19(20)21-17-6-8-22(9-7-17)13-16-11-14-2-3-15(16)10-14/h2-5,12,14-17,21H,6-11,13H2,1H3/p+1/t14-,15-,16-/m0/s1. The van der Waals surface area contributed by atoms with Crippen molar-refractivity contribution < 1.29 is 14.6 Å². The van der Waals surface area contributed by atoms with Gasteiger partial charge in [-0.15, -0.1) is 0 Å². The number of ether oxygens (including phenoxy) is 1. The molecule has 6 heteroatoms. The number of nitro groups is 1. The number of methoxy groups -OCH3 is 1. The summed E-state index contributed by atoms with van der Waals surface area (Å²) in [5.74, 6) is 3.22. The molecule has 4 rings (SSSR count). The number of rotatable bonds is 6.